The highest BCUT2D eigenvalue weighted by Gasteiger charge is 1.98. The maximum absolute atomic E-state index is 11.1. The van der Waals surface area contributed by atoms with E-state index in [1.165, 1.54) is 0 Å². The molecule has 1 N–H and O–H groups in total. The normalized spacial score (nSPS) is 11.2. The Kier molecular flexibility index (Phi) is 18.0. The third-order valence-electron chi connectivity index (χ3n) is 2.79. The Balaban J connectivity index is 3.04. The summed E-state index contributed by atoms with van der Waals surface area (Å²) in [6.45, 7) is 12.4. The van der Waals surface area contributed by atoms with E-state index in [1.807, 2.05) is 6.92 Å². The summed E-state index contributed by atoms with van der Waals surface area (Å²) in [6, 6.07) is 0. The molecule has 0 bridgehead atoms. The molecule has 0 aliphatic rings. The van der Waals surface area contributed by atoms with E-state index in [0.29, 0.717) is 78.3 Å². The molecule has 0 rings (SSSR count). The molecule has 0 aliphatic heterocycles. The van der Waals surface area contributed by atoms with Gasteiger partial charge >= 0.3 is 0 Å². The molecule has 0 aromatic heterocycles. The van der Waals surface area contributed by atoms with Gasteiger partial charge in [-0.1, -0.05) is 13.8 Å². The number of amides is 1. The smallest absolute Gasteiger partial charge is 0.222 e. The number of ether oxygens (including phenoxy) is 5. The molecule has 0 unspecified atom stereocenters. The maximum Gasteiger partial charge on any atom is 0.222 e. The molecule has 1 amide bonds. The molecular formula is C17H35NO6. The minimum atomic E-state index is 0.0144. The van der Waals surface area contributed by atoms with Crippen molar-refractivity contribution >= 4 is 5.91 Å². The second-order valence-corrected chi connectivity index (χ2v) is 5.62. The summed E-state index contributed by atoms with van der Waals surface area (Å²) >= 11 is 0. The molecule has 0 heterocycles. The third-order valence-corrected chi connectivity index (χ3v) is 2.79. The van der Waals surface area contributed by atoms with Gasteiger partial charge in [0, 0.05) is 19.6 Å². The van der Waals surface area contributed by atoms with Crippen molar-refractivity contribution < 1.29 is 28.5 Å². The Labute approximate surface area is 146 Å². The van der Waals surface area contributed by atoms with Gasteiger partial charge in [-0.05, 0) is 12.8 Å². The highest BCUT2D eigenvalue weighted by Crippen LogP contribution is 1.92. The maximum atomic E-state index is 11.1. The summed E-state index contributed by atoms with van der Waals surface area (Å²) in [4.78, 5) is 11.1. The van der Waals surface area contributed by atoms with Gasteiger partial charge < -0.3 is 29.0 Å². The van der Waals surface area contributed by atoms with Crippen molar-refractivity contribution in [3.8, 4) is 0 Å². The molecule has 144 valence electrons. The predicted molar refractivity (Wildman–Crippen MR) is 92.2 cm³/mol. The van der Waals surface area contributed by atoms with Gasteiger partial charge in [-0.3, -0.25) is 4.79 Å². The van der Waals surface area contributed by atoms with E-state index in [0.717, 1.165) is 6.61 Å². The molecule has 0 saturated carbocycles. The van der Waals surface area contributed by atoms with Gasteiger partial charge in [0.25, 0.3) is 0 Å². The van der Waals surface area contributed by atoms with Crippen LogP contribution in [0.2, 0.25) is 0 Å². The number of rotatable bonds is 18. The molecule has 7 nitrogen and oxygen atoms in total. The molecule has 24 heavy (non-hydrogen) atoms. The molecular weight excluding hydrogens is 314 g/mol. The number of carbonyl (C=O) groups is 1. The van der Waals surface area contributed by atoms with E-state index >= 15 is 0 Å². The lowest BCUT2D eigenvalue weighted by atomic mass is 10.2. The van der Waals surface area contributed by atoms with Gasteiger partial charge in [0.2, 0.25) is 5.91 Å². The highest BCUT2D eigenvalue weighted by molar-refractivity contribution is 5.75. The summed E-state index contributed by atoms with van der Waals surface area (Å²) in [6.07, 6.45) is 0.388. The lowest BCUT2D eigenvalue weighted by molar-refractivity contribution is -0.122. The molecule has 0 spiro atoms. The number of hydrogen-bond acceptors (Lipinski definition) is 6. The van der Waals surface area contributed by atoms with Crippen LogP contribution >= 0.6 is 0 Å². The highest BCUT2D eigenvalue weighted by atomic mass is 16.6. The molecule has 0 radical (unpaired) electrons. The zero-order valence-electron chi connectivity index (χ0n) is 15.5. The first-order chi connectivity index (χ1) is 11.7. The zero-order valence-corrected chi connectivity index (χ0v) is 15.5. The third kappa shape index (κ3) is 19.3. The minimum absolute atomic E-state index is 0.0144. The van der Waals surface area contributed by atoms with Gasteiger partial charge in [-0.15, -0.1) is 0 Å². The Bertz CT molecular complexity index is 276. The van der Waals surface area contributed by atoms with Crippen LogP contribution in [-0.4, -0.2) is 78.5 Å². The summed E-state index contributed by atoms with van der Waals surface area (Å²) in [7, 11) is 0. The fraction of sp³-hybridized carbons (Fsp3) is 0.941. The van der Waals surface area contributed by atoms with E-state index < -0.39 is 0 Å². The molecule has 0 aromatic carbocycles. The van der Waals surface area contributed by atoms with Crippen molar-refractivity contribution in [1.82, 2.24) is 5.32 Å². The standard InChI is InChI=1S/C17H35NO6/c1-4-18-17(19)5-6-20-7-8-21-9-10-22-11-12-23-13-14-24-15-16(2)3/h16H,4-15H2,1-3H3,(H,18,19). The predicted octanol–water partition coefficient (Wildman–Crippen LogP) is 1.25. The van der Waals surface area contributed by atoms with Gasteiger partial charge in [-0.25, -0.2) is 0 Å². The van der Waals surface area contributed by atoms with Crippen LogP contribution in [0.1, 0.15) is 27.2 Å². The molecule has 0 aromatic rings. The molecule has 0 saturated heterocycles. The van der Waals surface area contributed by atoms with Gasteiger partial charge in [0.1, 0.15) is 0 Å². The van der Waals surface area contributed by atoms with Crippen LogP contribution in [0.5, 0.6) is 0 Å². The molecule has 0 fully saturated rings. The topological polar surface area (TPSA) is 75.3 Å². The fourth-order valence-corrected chi connectivity index (χ4v) is 1.65. The summed E-state index contributed by atoms with van der Waals surface area (Å²) in [5, 5.41) is 2.72. The molecule has 0 aliphatic carbocycles. The van der Waals surface area contributed by atoms with Crippen LogP contribution in [0.15, 0.2) is 0 Å². The lowest BCUT2D eigenvalue weighted by Crippen LogP contribution is -2.24. The SMILES string of the molecule is CCNC(=O)CCOCCOCCOCCOCCOCC(C)C. The van der Waals surface area contributed by atoms with Crippen molar-refractivity contribution in [3.63, 3.8) is 0 Å². The van der Waals surface area contributed by atoms with Crippen molar-refractivity contribution in [2.45, 2.75) is 27.2 Å². The van der Waals surface area contributed by atoms with Crippen LogP contribution in [-0.2, 0) is 28.5 Å². The van der Waals surface area contributed by atoms with E-state index in [4.69, 9.17) is 23.7 Å². The van der Waals surface area contributed by atoms with Crippen LogP contribution in [0.3, 0.4) is 0 Å². The first kappa shape index (κ1) is 23.3. The first-order valence-corrected chi connectivity index (χ1v) is 8.82. The number of nitrogens with one attached hydrogen (secondary N) is 1. The summed E-state index contributed by atoms with van der Waals surface area (Å²) in [5.41, 5.74) is 0. The van der Waals surface area contributed by atoms with E-state index in [2.05, 4.69) is 19.2 Å². The Morgan fingerprint density at radius 2 is 1.17 bits per heavy atom. The number of carbonyl (C=O) groups excluding carboxylic acids is 1. The van der Waals surface area contributed by atoms with Gasteiger partial charge in [0.15, 0.2) is 0 Å². The van der Waals surface area contributed by atoms with Crippen LogP contribution < -0.4 is 5.32 Å². The number of hydrogen-bond donors (Lipinski definition) is 1. The van der Waals surface area contributed by atoms with Crippen LogP contribution in [0, 0.1) is 5.92 Å². The van der Waals surface area contributed by atoms with Gasteiger partial charge in [-0.2, -0.15) is 0 Å². The molecule has 7 heteroatoms. The van der Waals surface area contributed by atoms with Crippen molar-refractivity contribution in [1.29, 1.82) is 0 Å². The quantitative estimate of drug-likeness (QED) is 0.375. The van der Waals surface area contributed by atoms with E-state index in [1.54, 1.807) is 0 Å². The van der Waals surface area contributed by atoms with Crippen LogP contribution in [0.25, 0.3) is 0 Å². The Hall–Kier alpha value is -0.730. The zero-order chi connectivity index (χ0) is 17.9. The first-order valence-electron chi connectivity index (χ1n) is 8.82. The Morgan fingerprint density at radius 1 is 0.750 bits per heavy atom. The average molecular weight is 349 g/mol. The van der Waals surface area contributed by atoms with Crippen molar-refractivity contribution in [2.75, 3.05) is 72.6 Å². The Morgan fingerprint density at radius 3 is 1.58 bits per heavy atom. The minimum Gasteiger partial charge on any atom is -0.379 e. The van der Waals surface area contributed by atoms with Crippen molar-refractivity contribution in [3.05, 3.63) is 0 Å². The monoisotopic (exact) mass is 349 g/mol. The van der Waals surface area contributed by atoms with Gasteiger partial charge in [0.05, 0.1) is 59.5 Å². The van der Waals surface area contributed by atoms with Crippen LogP contribution in [0.4, 0.5) is 0 Å². The lowest BCUT2D eigenvalue weighted by Gasteiger charge is -2.08. The second-order valence-electron chi connectivity index (χ2n) is 5.62. The summed E-state index contributed by atoms with van der Waals surface area (Å²) in [5.74, 6) is 0.569. The van der Waals surface area contributed by atoms with Crippen molar-refractivity contribution in [2.24, 2.45) is 5.92 Å². The largest absolute Gasteiger partial charge is 0.379 e. The summed E-state index contributed by atoms with van der Waals surface area (Å²) < 4.78 is 26.8. The second kappa shape index (κ2) is 18.6. The van der Waals surface area contributed by atoms with E-state index in [9.17, 15) is 4.79 Å². The average Bonchev–Trinajstić information content (AvgIpc) is 2.54. The molecule has 0 atom stereocenters. The van der Waals surface area contributed by atoms with E-state index in [-0.39, 0.29) is 5.91 Å². The fourth-order valence-electron chi connectivity index (χ4n) is 1.65.